The Balaban J connectivity index is 1.29. The molecule has 0 fully saturated rings. The highest BCUT2D eigenvalue weighted by atomic mass is 16.5. The predicted octanol–water partition coefficient (Wildman–Crippen LogP) is 2.81. The molecule has 0 spiro atoms. The second kappa shape index (κ2) is 9.49. The molecule has 0 saturated heterocycles. The Kier molecular flexibility index (Phi) is 5.93. The Morgan fingerprint density at radius 1 is 0.882 bits per heavy atom. The minimum Gasteiger partial charge on any atom is -0.461 e. The van der Waals surface area contributed by atoms with E-state index in [2.05, 4.69) is 25.5 Å². The van der Waals surface area contributed by atoms with E-state index >= 15 is 0 Å². The van der Waals surface area contributed by atoms with Crippen molar-refractivity contribution < 1.29 is 14.3 Å². The molecule has 0 aliphatic heterocycles. The lowest BCUT2D eigenvalue weighted by Crippen LogP contribution is -2.11. The summed E-state index contributed by atoms with van der Waals surface area (Å²) in [5.74, 6) is 0.137. The fraction of sp³-hybridized carbons (Fsp3) is 0.167. The summed E-state index contributed by atoms with van der Waals surface area (Å²) in [5, 5.41) is 11.7. The standard InChI is InChI=1S/C24H21N7O3/c1-30-23(27-28-29-30)31-21-13-6-5-12-20(21)26-24(31)34-16-19-11-7-10-18(25-19)14-22(32)33-15-17-8-3-2-4-9-17/h2-13H,14-16H2,1H3. The van der Waals surface area contributed by atoms with Crippen LogP contribution in [-0.4, -0.2) is 40.7 Å². The smallest absolute Gasteiger partial charge is 0.312 e. The molecule has 3 aromatic heterocycles. The van der Waals surface area contributed by atoms with Crippen molar-refractivity contribution >= 4 is 17.0 Å². The number of carbonyl (C=O) groups excluding carboxylic acids is 1. The maximum atomic E-state index is 12.3. The molecule has 34 heavy (non-hydrogen) atoms. The molecule has 0 aliphatic carbocycles. The van der Waals surface area contributed by atoms with Crippen LogP contribution in [0.1, 0.15) is 17.0 Å². The van der Waals surface area contributed by atoms with Crippen LogP contribution in [0.4, 0.5) is 0 Å². The number of fused-ring (bicyclic) bond motifs is 1. The zero-order valence-corrected chi connectivity index (χ0v) is 18.4. The molecule has 3 heterocycles. The van der Waals surface area contributed by atoms with Gasteiger partial charge in [0.15, 0.2) is 0 Å². The van der Waals surface area contributed by atoms with E-state index in [-0.39, 0.29) is 25.6 Å². The van der Waals surface area contributed by atoms with Gasteiger partial charge in [0, 0.05) is 7.05 Å². The SMILES string of the molecule is Cn1nnnc1-n1c(OCc2cccc(CC(=O)OCc3ccccc3)n2)nc2ccccc21. The van der Waals surface area contributed by atoms with Crippen LogP contribution >= 0.6 is 0 Å². The number of rotatable bonds is 8. The Hall–Kier alpha value is -4.60. The average Bonchev–Trinajstić information content (AvgIpc) is 3.44. The molecule has 0 aliphatic rings. The molecule has 10 nitrogen and oxygen atoms in total. The summed E-state index contributed by atoms with van der Waals surface area (Å²) >= 11 is 0. The van der Waals surface area contributed by atoms with Crippen molar-refractivity contribution in [2.24, 2.45) is 7.05 Å². The average molecular weight is 455 g/mol. The number of ether oxygens (including phenoxy) is 2. The molecule has 0 N–H and O–H groups in total. The van der Waals surface area contributed by atoms with E-state index in [1.54, 1.807) is 22.4 Å². The summed E-state index contributed by atoms with van der Waals surface area (Å²) in [6, 6.07) is 23.0. The molecule has 170 valence electrons. The van der Waals surface area contributed by atoms with E-state index < -0.39 is 0 Å². The first kappa shape index (κ1) is 21.3. The zero-order valence-electron chi connectivity index (χ0n) is 18.4. The number of aryl methyl sites for hydroxylation is 1. The molecule has 2 aromatic carbocycles. The van der Waals surface area contributed by atoms with Crippen molar-refractivity contribution in [3.8, 4) is 12.0 Å². The second-order valence-corrected chi connectivity index (χ2v) is 7.55. The maximum Gasteiger partial charge on any atom is 0.312 e. The Morgan fingerprint density at radius 2 is 1.68 bits per heavy atom. The van der Waals surface area contributed by atoms with Crippen LogP contribution in [0.5, 0.6) is 6.01 Å². The van der Waals surface area contributed by atoms with Crippen molar-refractivity contribution in [3.05, 3.63) is 89.7 Å². The van der Waals surface area contributed by atoms with Gasteiger partial charge in [0.2, 0.25) is 0 Å². The minimum atomic E-state index is -0.342. The molecular formula is C24H21N7O3. The summed E-state index contributed by atoms with van der Waals surface area (Å²) in [6.07, 6.45) is 0.0732. The highest BCUT2D eigenvalue weighted by Gasteiger charge is 2.18. The number of tetrazole rings is 1. The van der Waals surface area contributed by atoms with Crippen molar-refractivity contribution in [1.29, 1.82) is 0 Å². The third-order valence-corrected chi connectivity index (χ3v) is 5.11. The van der Waals surface area contributed by atoms with E-state index in [4.69, 9.17) is 9.47 Å². The van der Waals surface area contributed by atoms with Gasteiger partial charge in [-0.2, -0.15) is 4.98 Å². The lowest BCUT2D eigenvalue weighted by atomic mass is 10.2. The van der Waals surface area contributed by atoms with Gasteiger partial charge in [-0.15, -0.1) is 0 Å². The van der Waals surface area contributed by atoms with E-state index in [0.717, 1.165) is 16.6 Å². The van der Waals surface area contributed by atoms with Crippen molar-refractivity contribution in [2.75, 3.05) is 0 Å². The van der Waals surface area contributed by atoms with Crippen molar-refractivity contribution in [3.63, 3.8) is 0 Å². The van der Waals surface area contributed by atoms with Gasteiger partial charge in [0.1, 0.15) is 13.2 Å². The van der Waals surface area contributed by atoms with Gasteiger partial charge in [-0.3, -0.25) is 9.78 Å². The second-order valence-electron chi connectivity index (χ2n) is 7.55. The first-order valence-electron chi connectivity index (χ1n) is 10.6. The highest BCUT2D eigenvalue weighted by molar-refractivity contribution is 5.78. The molecule has 5 aromatic rings. The molecule has 0 bridgehead atoms. The monoisotopic (exact) mass is 455 g/mol. The number of pyridine rings is 1. The number of carbonyl (C=O) groups is 1. The number of esters is 1. The zero-order chi connectivity index (χ0) is 23.3. The number of hydrogen-bond donors (Lipinski definition) is 0. The van der Waals surface area contributed by atoms with E-state index in [9.17, 15) is 4.79 Å². The van der Waals surface area contributed by atoms with Gasteiger partial charge in [0.25, 0.3) is 5.95 Å². The summed E-state index contributed by atoms with van der Waals surface area (Å²) < 4.78 is 14.7. The largest absolute Gasteiger partial charge is 0.461 e. The summed E-state index contributed by atoms with van der Waals surface area (Å²) in [6.45, 7) is 0.386. The maximum absolute atomic E-state index is 12.3. The van der Waals surface area contributed by atoms with Crippen molar-refractivity contribution in [2.45, 2.75) is 19.6 Å². The number of nitrogens with zero attached hydrogens (tertiary/aromatic N) is 7. The lowest BCUT2D eigenvalue weighted by Gasteiger charge is -2.09. The number of imidazole rings is 1. The Bertz CT molecular complexity index is 1430. The number of para-hydroxylation sites is 2. The summed E-state index contributed by atoms with van der Waals surface area (Å²) in [7, 11) is 1.75. The van der Waals surface area contributed by atoms with Crippen LogP contribution in [0, 0.1) is 0 Å². The fourth-order valence-electron chi connectivity index (χ4n) is 3.49. The van der Waals surface area contributed by atoms with Crippen molar-refractivity contribution in [1.82, 2.24) is 34.7 Å². The molecule has 0 unspecified atom stereocenters. The molecule has 0 amide bonds. The molecule has 0 atom stereocenters. The van der Waals surface area contributed by atoms with Crippen LogP contribution in [0.3, 0.4) is 0 Å². The van der Waals surface area contributed by atoms with Gasteiger partial charge in [-0.25, -0.2) is 9.25 Å². The summed E-state index contributed by atoms with van der Waals surface area (Å²) in [4.78, 5) is 21.4. The van der Waals surface area contributed by atoms with Gasteiger partial charge >= 0.3 is 12.0 Å². The number of hydrogen-bond acceptors (Lipinski definition) is 8. The highest BCUT2D eigenvalue weighted by Crippen LogP contribution is 2.25. The predicted molar refractivity (Wildman–Crippen MR) is 122 cm³/mol. The van der Waals surface area contributed by atoms with Gasteiger partial charge in [-0.05, 0) is 40.3 Å². The normalized spacial score (nSPS) is 11.0. The third-order valence-electron chi connectivity index (χ3n) is 5.11. The van der Waals surface area contributed by atoms with Crippen LogP contribution in [-0.2, 0) is 36.2 Å². The molecule has 0 radical (unpaired) electrons. The molecule has 10 heteroatoms. The molecule has 5 rings (SSSR count). The number of aromatic nitrogens is 7. The van der Waals surface area contributed by atoms with Crippen LogP contribution in [0.25, 0.3) is 17.0 Å². The minimum absolute atomic E-state index is 0.0732. The van der Waals surface area contributed by atoms with Crippen LogP contribution in [0.2, 0.25) is 0 Å². The Labute approximate surface area is 194 Å². The van der Waals surface area contributed by atoms with Crippen LogP contribution in [0.15, 0.2) is 72.8 Å². The van der Waals surface area contributed by atoms with Crippen LogP contribution < -0.4 is 4.74 Å². The number of benzene rings is 2. The first-order valence-corrected chi connectivity index (χ1v) is 10.6. The third kappa shape index (κ3) is 4.60. The van der Waals surface area contributed by atoms with Gasteiger partial charge < -0.3 is 9.47 Å². The Morgan fingerprint density at radius 3 is 2.50 bits per heavy atom. The van der Waals surface area contributed by atoms with E-state index in [1.807, 2.05) is 66.7 Å². The first-order chi connectivity index (χ1) is 16.7. The van der Waals surface area contributed by atoms with Gasteiger partial charge in [-0.1, -0.05) is 53.6 Å². The topological polar surface area (TPSA) is 110 Å². The van der Waals surface area contributed by atoms with E-state index in [0.29, 0.717) is 23.3 Å². The molecular weight excluding hydrogens is 434 g/mol. The quantitative estimate of drug-likeness (QED) is 0.329. The van der Waals surface area contributed by atoms with Gasteiger partial charge in [0.05, 0.1) is 28.8 Å². The lowest BCUT2D eigenvalue weighted by molar-refractivity contribution is -0.144. The summed E-state index contributed by atoms with van der Waals surface area (Å²) in [5.41, 5.74) is 3.77. The van der Waals surface area contributed by atoms with E-state index in [1.165, 1.54) is 0 Å². The fourth-order valence-corrected chi connectivity index (χ4v) is 3.49. The molecule has 0 saturated carbocycles.